The molecule has 0 spiro atoms. The Labute approximate surface area is 156 Å². The maximum absolute atomic E-state index is 14.1. The first-order valence-electron chi connectivity index (χ1n) is 8.37. The minimum atomic E-state index is -0.956. The quantitative estimate of drug-likeness (QED) is 0.785. The van der Waals surface area contributed by atoms with Crippen LogP contribution in [0, 0.1) is 5.82 Å². The molecule has 4 nitrogen and oxygen atoms in total. The summed E-state index contributed by atoms with van der Waals surface area (Å²) in [6.07, 6.45) is 0.799. The number of hydrogen-bond acceptors (Lipinski definition) is 3. The van der Waals surface area contributed by atoms with Crippen LogP contribution < -0.4 is 9.47 Å². The molecule has 26 heavy (non-hydrogen) atoms. The molecule has 1 heterocycles. The normalized spacial score (nSPS) is 14.6. The number of aliphatic carboxylic acids is 1. The second-order valence-corrected chi connectivity index (χ2v) is 7.46. The summed E-state index contributed by atoms with van der Waals surface area (Å²) < 4.78 is 25.8. The summed E-state index contributed by atoms with van der Waals surface area (Å²) >= 11 is 6.19. The fraction of sp³-hybridized carbons (Fsp3) is 0.350. The van der Waals surface area contributed by atoms with Gasteiger partial charge in [-0.25, -0.2) is 4.39 Å². The molecular formula is C20H20ClFO4. The van der Waals surface area contributed by atoms with E-state index in [1.165, 1.54) is 6.07 Å². The van der Waals surface area contributed by atoms with Gasteiger partial charge in [0.15, 0.2) is 0 Å². The van der Waals surface area contributed by atoms with E-state index in [9.17, 15) is 9.18 Å². The Kier molecular flexibility index (Phi) is 5.10. The molecule has 1 aliphatic rings. The third kappa shape index (κ3) is 4.28. The lowest BCUT2D eigenvalue weighted by molar-refractivity contribution is -0.136. The Bertz CT molecular complexity index is 848. The van der Waals surface area contributed by atoms with Crippen LogP contribution in [0.5, 0.6) is 11.5 Å². The van der Waals surface area contributed by atoms with Crippen molar-refractivity contribution in [3.63, 3.8) is 0 Å². The monoisotopic (exact) mass is 378 g/mol. The van der Waals surface area contributed by atoms with Gasteiger partial charge < -0.3 is 14.6 Å². The fourth-order valence-corrected chi connectivity index (χ4v) is 3.34. The molecular weight excluding hydrogens is 359 g/mol. The Hall–Kier alpha value is -2.27. The number of halogens is 2. The number of benzene rings is 2. The predicted molar refractivity (Wildman–Crippen MR) is 96.6 cm³/mol. The standard InChI is InChI=1S/C20H20ClFO4/c1-20(2)10-13-7-15(21)8-14(19(13)26-20)11-25-16-5-3-12(17(22)9-16)4-6-18(23)24/h3,5,7-9H,4,6,10-11H2,1-2H3,(H,23,24). The second kappa shape index (κ2) is 7.16. The van der Waals surface area contributed by atoms with E-state index in [0.29, 0.717) is 16.3 Å². The van der Waals surface area contributed by atoms with E-state index in [2.05, 4.69) is 0 Å². The van der Waals surface area contributed by atoms with Crippen molar-refractivity contribution in [3.8, 4) is 11.5 Å². The number of carbonyl (C=O) groups is 1. The van der Waals surface area contributed by atoms with Crippen LogP contribution in [0.3, 0.4) is 0 Å². The van der Waals surface area contributed by atoms with Crippen LogP contribution in [0.1, 0.15) is 37.0 Å². The molecule has 1 aliphatic heterocycles. The highest BCUT2D eigenvalue weighted by molar-refractivity contribution is 6.30. The molecule has 0 fully saturated rings. The van der Waals surface area contributed by atoms with E-state index in [4.69, 9.17) is 26.2 Å². The molecule has 0 saturated carbocycles. The number of aryl methyl sites for hydroxylation is 1. The second-order valence-electron chi connectivity index (χ2n) is 7.03. The smallest absolute Gasteiger partial charge is 0.303 e. The van der Waals surface area contributed by atoms with E-state index in [1.54, 1.807) is 18.2 Å². The molecule has 2 aromatic rings. The van der Waals surface area contributed by atoms with E-state index >= 15 is 0 Å². The summed E-state index contributed by atoms with van der Waals surface area (Å²) in [6, 6.07) is 8.14. The Balaban J connectivity index is 1.72. The minimum absolute atomic E-state index is 0.112. The third-order valence-electron chi connectivity index (χ3n) is 4.23. The Morgan fingerprint density at radius 3 is 2.77 bits per heavy atom. The molecule has 0 aromatic heterocycles. The average molecular weight is 379 g/mol. The van der Waals surface area contributed by atoms with Crippen LogP contribution in [0.2, 0.25) is 5.02 Å². The molecule has 3 rings (SSSR count). The highest BCUT2D eigenvalue weighted by Gasteiger charge is 2.32. The highest BCUT2D eigenvalue weighted by Crippen LogP contribution is 2.40. The van der Waals surface area contributed by atoms with Gasteiger partial charge >= 0.3 is 5.97 Å². The lowest BCUT2D eigenvalue weighted by Crippen LogP contribution is -2.25. The summed E-state index contributed by atoms with van der Waals surface area (Å²) in [7, 11) is 0. The summed E-state index contributed by atoms with van der Waals surface area (Å²) in [5, 5.41) is 9.31. The van der Waals surface area contributed by atoms with E-state index < -0.39 is 11.8 Å². The number of hydrogen-bond donors (Lipinski definition) is 1. The lowest BCUT2D eigenvalue weighted by atomic mass is 10.0. The molecule has 0 bridgehead atoms. The molecule has 2 aromatic carbocycles. The minimum Gasteiger partial charge on any atom is -0.489 e. The molecule has 6 heteroatoms. The third-order valence-corrected chi connectivity index (χ3v) is 4.45. The lowest BCUT2D eigenvalue weighted by Gasteiger charge is -2.18. The number of carboxylic acid groups (broad SMARTS) is 1. The molecule has 138 valence electrons. The summed E-state index contributed by atoms with van der Waals surface area (Å²) in [4.78, 5) is 10.6. The van der Waals surface area contributed by atoms with Crippen molar-refractivity contribution in [2.75, 3.05) is 0 Å². The number of rotatable bonds is 6. The molecule has 1 N–H and O–H groups in total. The first-order valence-corrected chi connectivity index (χ1v) is 8.75. The Morgan fingerprint density at radius 1 is 1.31 bits per heavy atom. The Morgan fingerprint density at radius 2 is 2.08 bits per heavy atom. The van der Waals surface area contributed by atoms with Gasteiger partial charge in [0.05, 0.1) is 0 Å². The maximum Gasteiger partial charge on any atom is 0.303 e. The zero-order chi connectivity index (χ0) is 18.9. The molecule has 0 unspecified atom stereocenters. The van der Waals surface area contributed by atoms with Crippen LogP contribution in [0.25, 0.3) is 0 Å². The average Bonchev–Trinajstić information content (AvgIpc) is 2.85. The largest absolute Gasteiger partial charge is 0.489 e. The van der Waals surface area contributed by atoms with Gasteiger partial charge in [0.1, 0.15) is 29.5 Å². The number of ether oxygens (including phenoxy) is 2. The van der Waals surface area contributed by atoms with Gasteiger partial charge in [-0.1, -0.05) is 17.7 Å². The van der Waals surface area contributed by atoms with Gasteiger partial charge in [0.2, 0.25) is 0 Å². The summed E-state index contributed by atoms with van der Waals surface area (Å²) in [5.41, 5.74) is 1.91. The van der Waals surface area contributed by atoms with Crippen LogP contribution >= 0.6 is 11.6 Å². The molecule has 0 amide bonds. The number of carboxylic acids is 1. The van der Waals surface area contributed by atoms with Gasteiger partial charge in [-0.3, -0.25) is 4.79 Å². The van der Waals surface area contributed by atoms with Gasteiger partial charge in [0.25, 0.3) is 0 Å². The van der Waals surface area contributed by atoms with Gasteiger partial charge in [0, 0.05) is 29.5 Å². The van der Waals surface area contributed by atoms with Crippen molar-refractivity contribution in [1.82, 2.24) is 0 Å². The summed E-state index contributed by atoms with van der Waals surface area (Å²) in [6.45, 7) is 4.22. The van der Waals surface area contributed by atoms with Crippen molar-refractivity contribution in [1.29, 1.82) is 0 Å². The predicted octanol–water partition coefficient (Wildman–Crippen LogP) is 4.79. The topological polar surface area (TPSA) is 55.8 Å². The van der Waals surface area contributed by atoms with Crippen LogP contribution in [-0.2, 0) is 24.2 Å². The van der Waals surface area contributed by atoms with Gasteiger partial charge in [-0.2, -0.15) is 0 Å². The zero-order valence-electron chi connectivity index (χ0n) is 14.6. The molecule has 0 radical (unpaired) electrons. The zero-order valence-corrected chi connectivity index (χ0v) is 15.4. The van der Waals surface area contributed by atoms with Crippen molar-refractivity contribution < 1.29 is 23.8 Å². The fourth-order valence-electron chi connectivity index (χ4n) is 3.08. The van der Waals surface area contributed by atoms with Gasteiger partial charge in [-0.05, 0) is 49.6 Å². The van der Waals surface area contributed by atoms with Crippen molar-refractivity contribution in [2.45, 2.75) is 45.3 Å². The SMILES string of the molecule is CC1(C)Cc2cc(Cl)cc(COc3ccc(CCC(=O)O)c(F)c3)c2O1. The first kappa shape index (κ1) is 18.5. The van der Waals surface area contributed by atoms with Gasteiger partial charge in [-0.15, -0.1) is 0 Å². The van der Waals surface area contributed by atoms with Crippen molar-refractivity contribution in [3.05, 3.63) is 57.9 Å². The van der Waals surface area contributed by atoms with Crippen molar-refractivity contribution in [2.24, 2.45) is 0 Å². The van der Waals surface area contributed by atoms with Crippen LogP contribution in [-0.4, -0.2) is 16.7 Å². The summed E-state index contributed by atoms with van der Waals surface area (Å²) in [5.74, 6) is -0.287. The molecule has 0 saturated heterocycles. The van der Waals surface area contributed by atoms with Crippen LogP contribution in [0.15, 0.2) is 30.3 Å². The first-order chi connectivity index (χ1) is 12.2. The van der Waals surface area contributed by atoms with E-state index in [1.807, 2.05) is 19.9 Å². The maximum atomic E-state index is 14.1. The highest BCUT2D eigenvalue weighted by atomic mass is 35.5. The van der Waals surface area contributed by atoms with Crippen LogP contribution in [0.4, 0.5) is 4.39 Å². The molecule has 0 aliphatic carbocycles. The van der Waals surface area contributed by atoms with Crippen molar-refractivity contribution >= 4 is 17.6 Å². The van der Waals surface area contributed by atoms with E-state index in [-0.39, 0.29) is 25.0 Å². The molecule has 0 atom stereocenters. The van der Waals surface area contributed by atoms with E-state index in [0.717, 1.165) is 23.3 Å². The number of fused-ring (bicyclic) bond motifs is 1.